The molecule has 3 aliphatic rings. The third kappa shape index (κ3) is 4.53. The van der Waals surface area contributed by atoms with E-state index >= 15 is 0 Å². The van der Waals surface area contributed by atoms with Gasteiger partial charge in [-0.05, 0) is 64.3 Å². The van der Waals surface area contributed by atoms with Gasteiger partial charge in [0.15, 0.2) is 0 Å². The molecule has 0 aromatic heterocycles. The Bertz CT molecular complexity index is 1150. The molecule has 9 nitrogen and oxygen atoms in total. The first-order chi connectivity index (χ1) is 19.0. The van der Waals surface area contributed by atoms with Crippen molar-refractivity contribution in [3.63, 3.8) is 0 Å². The number of aliphatic hydroxyl groups is 1. The van der Waals surface area contributed by atoms with E-state index in [2.05, 4.69) is 13.2 Å². The number of rotatable bonds is 12. The number of carbonyl (C=O) groups is 3. The van der Waals surface area contributed by atoms with Crippen LogP contribution in [-0.2, 0) is 19.1 Å². The SMILES string of the molecule is C=CCN(C(=O)[C@@H]1[C@H]2C(=O)N(CCO)C(C(=O)N(CC=C)C(C)C)C23CC(C)[C@@]1(C)O3)c1ccc(OCC)cc1. The Morgan fingerprint density at radius 1 is 1.20 bits per heavy atom. The molecule has 3 unspecified atom stereocenters. The van der Waals surface area contributed by atoms with E-state index in [4.69, 9.17) is 9.47 Å². The summed E-state index contributed by atoms with van der Waals surface area (Å²) in [7, 11) is 0. The van der Waals surface area contributed by atoms with Crippen molar-refractivity contribution in [2.24, 2.45) is 17.8 Å². The largest absolute Gasteiger partial charge is 0.494 e. The minimum atomic E-state index is -1.18. The monoisotopic (exact) mass is 553 g/mol. The summed E-state index contributed by atoms with van der Waals surface area (Å²) in [5.41, 5.74) is -1.47. The summed E-state index contributed by atoms with van der Waals surface area (Å²) in [5, 5.41) is 9.90. The third-order valence-electron chi connectivity index (χ3n) is 8.92. The molecule has 1 aromatic carbocycles. The topological polar surface area (TPSA) is 99.6 Å². The fourth-order valence-electron chi connectivity index (χ4n) is 7.10. The summed E-state index contributed by atoms with van der Waals surface area (Å²) in [6.45, 7) is 18.1. The molecule has 218 valence electrons. The van der Waals surface area contributed by atoms with Gasteiger partial charge in [0.25, 0.3) is 0 Å². The summed E-state index contributed by atoms with van der Waals surface area (Å²) >= 11 is 0. The first kappa shape index (κ1) is 29.8. The van der Waals surface area contributed by atoms with Crippen LogP contribution in [0, 0.1) is 17.8 Å². The van der Waals surface area contributed by atoms with Gasteiger partial charge >= 0.3 is 0 Å². The highest BCUT2D eigenvalue weighted by molar-refractivity contribution is 6.03. The zero-order chi connectivity index (χ0) is 29.4. The molecule has 0 aliphatic carbocycles. The van der Waals surface area contributed by atoms with E-state index in [1.807, 2.05) is 58.9 Å². The third-order valence-corrected chi connectivity index (χ3v) is 8.92. The molecule has 3 saturated heterocycles. The van der Waals surface area contributed by atoms with Gasteiger partial charge in [0.2, 0.25) is 17.7 Å². The number of β-amino-alcohol motifs (C(OH)–C–C–N with tert-alkyl or cyclic N) is 1. The molecule has 3 fully saturated rings. The van der Waals surface area contributed by atoms with Gasteiger partial charge in [0.05, 0.1) is 30.7 Å². The first-order valence-electron chi connectivity index (χ1n) is 14.2. The second kappa shape index (κ2) is 11.4. The van der Waals surface area contributed by atoms with Crippen LogP contribution in [0.3, 0.4) is 0 Å². The lowest BCUT2D eigenvalue weighted by Gasteiger charge is -2.39. The Morgan fingerprint density at radius 3 is 2.40 bits per heavy atom. The number of nitrogens with zero attached hydrogens (tertiary/aromatic N) is 3. The Labute approximate surface area is 237 Å². The van der Waals surface area contributed by atoms with Crippen molar-refractivity contribution in [1.29, 1.82) is 0 Å². The Hall–Kier alpha value is -3.17. The van der Waals surface area contributed by atoms with Gasteiger partial charge in [-0.25, -0.2) is 0 Å². The van der Waals surface area contributed by atoms with Crippen LogP contribution in [0.4, 0.5) is 5.69 Å². The van der Waals surface area contributed by atoms with E-state index in [9.17, 15) is 19.5 Å². The molecule has 9 heteroatoms. The Morgan fingerprint density at radius 2 is 1.85 bits per heavy atom. The van der Waals surface area contributed by atoms with Crippen LogP contribution in [0.1, 0.15) is 41.0 Å². The van der Waals surface area contributed by atoms with Crippen LogP contribution in [0.25, 0.3) is 0 Å². The Kier molecular flexibility index (Phi) is 8.47. The molecule has 0 radical (unpaired) electrons. The highest BCUT2D eigenvalue weighted by Gasteiger charge is 2.80. The standard InChI is InChI=1S/C31H43N3O6/c1-8-15-32(20(4)5)29(38)26-31-19-21(6)30(7,40-31)24(25(31)28(37)34(26)17-18-35)27(36)33(16-9-2)22-11-13-23(14-12-22)39-10-3/h8-9,11-14,20-21,24-26,35H,1-2,10,15-19H2,3-7H3/t21?,24-,25-,26?,30+,31?/m0/s1. The molecule has 0 saturated carbocycles. The first-order valence-corrected chi connectivity index (χ1v) is 14.2. The van der Waals surface area contributed by atoms with E-state index in [0.717, 1.165) is 0 Å². The number of ether oxygens (including phenoxy) is 2. The van der Waals surface area contributed by atoms with Crippen LogP contribution in [0.5, 0.6) is 5.75 Å². The number of likely N-dealkylation sites (tertiary alicyclic amines) is 1. The lowest BCUT2D eigenvalue weighted by Crippen LogP contribution is -2.58. The zero-order valence-corrected chi connectivity index (χ0v) is 24.3. The van der Waals surface area contributed by atoms with E-state index in [-0.39, 0.29) is 49.4 Å². The highest BCUT2D eigenvalue weighted by atomic mass is 16.5. The van der Waals surface area contributed by atoms with Crippen molar-refractivity contribution in [3.05, 3.63) is 49.6 Å². The highest BCUT2D eigenvalue weighted by Crippen LogP contribution is 2.65. The second-order valence-corrected chi connectivity index (χ2v) is 11.5. The normalized spacial score (nSPS) is 30.4. The lowest BCUT2D eigenvalue weighted by molar-refractivity contribution is -0.153. The lowest BCUT2D eigenvalue weighted by atomic mass is 9.62. The van der Waals surface area contributed by atoms with Crippen molar-refractivity contribution in [2.75, 3.05) is 37.7 Å². The number of hydrogen-bond acceptors (Lipinski definition) is 6. The molecule has 3 heterocycles. The summed E-state index contributed by atoms with van der Waals surface area (Å²) < 4.78 is 12.4. The van der Waals surface area contributed by atoms with Crippen molar-refractivity contribution >= 4 is 23.4 Å². The predicted octanol–water partition coefficient (Wildman–Crippen LogP) is 3.03. The minimum absolute atomic E-state index is 0.0157. The molecule has 1 N–H and O–H groups in total. The quantitative estimate of drug-likeness (QED) is 0.400. The number of hydrogen-bond donors (Lipinski definition) is 1. The molecule has 2 bridgehead atoms. The molecule has 1 aromatic rings. The average Bonchev–Trinajstić information content (AvgIpc) is 3.42. The van der Waals surface area contributed by atoms with Gasteiger partial charge in [0.1, 0.15) is 17.4 Å². The van der Waals surface area contributed by atoms with Crippen molar-refractivity contribution in [3.8, 4) is 5.75 Å². The van der Waals surface area contributed by atoms with Gasteiger partial charge in [-0.1, -0.05) is 19.1 Å². The summed E-state index contributed by atoms with van der Waals surface area (Å²) in [4.78, 5) is 47.6. The summed E-state index contributed by atoms with van der Waals surface area (Å²) in [5.74, 6) is -1.89. The number of benzene rings is 1. The maximum atomic E-state index is 14.5. The van der Waals surface area contributed by atoms with Crippen LogP contribution in [0.15, 0.2) is 49.6 Å². The van der Waals surface area contributed by atoms with Gasteiger partial charge in [-0.2, -0.15) is 0 Å². The molecule has 40 heavy (non-hydrogen) atoms. The molecule has 1 spiro atoms. The predicted molar refractivity (Wildman–Crippen MR) is 153 cm³/mol. The number of carbonyl (C=O) groups excluding carboxylic acids is 3. The van der Waals surface area contributed by atoms with Crippen LogP contribution in [0.2, 0.25) is 0 Å². The minimum Gasteiger partial charge on any atom is -0.494 e. The van der Waals surface area contributed by atoms with Gasteiger partial charge in [-0.3, -0.25) is 14.4 Å². The number of amides is 3. The number of anilines is 1. The van der Waals surface area contributed by atoms with E-state index in [0.29, 0.717) is 31.0 Å². The summed E-state index contributed by atoms with van der Waals surface area (Å²) in [6.07, 6.45) is 3.78. The average molecular weight is 554 g/mol. The Balaban J connectivity index is 1.79. The van der Waals surface area contributed by atoms with Gasteiger partial charge < -0.3 is 29.3 Å². The number of fused-ring (bicyclic) bond motifs is 1. The van der Waals surface area contributed by atoms with Crippen LogP contribution < -0.4 is 9.64 Å². The maximum absolute atomic E-state index is 14.5. The van der Waals surface area contributed by atoms with E-state index in [1.54, 1.807) is 22.0 Å². The van der Waals surface area contributed by atoms with Crippen LogP contribution in [-0.4, -0.2) is 88.8 Å². The molecule has 3 aliphatic heterocycles. The number of aliphatic hydroxyl groups excluding tert-OH is 1. The molecular weight excluding hydrogens is 510 g/mol. The van der Waals surface area contributed by atoms with Crippen LogP contribution >= 0.6 is 0 Å². The fourth-order valence-corrected chi connectivity index (χ4v) is 7.10. The molecular formula is C31H43N3O6. The molecule has 4 rings (SSSR count). The van der Waals surface area contributed by atoms with Gasteiger partial charge in [0, 0.05) is 31.4 Å². The zero-order valence-electron chi connectivity index (χ0n) is 24.3. The second-order valence-electron chi connectivity index (χ2n) is 11.5. The molecule has 3 amide bonds. The van der Waals surface area contributed by atoms with Crippen molar-refractivity contribution in [1.82, 2.24) is 9.80 Å². The van der Waals surface area contributed by atoms with E-state index < -0.39 is 29.1 Å². The van der Waals surface area contributed by atoms with Crippen molar-refractivity contribution < 1.29 is 29.0 Å². The summed E-state index contributed by atoms with van der Waals surface area (Å²) in [6, 6.07) is 6.17. The van der Waals surface area contributed by atoms with Crippen molar-refractivity contribution in [2.45, 2.75) is 64.3 Å². The maximum Gasteiger partial charge on any atom is 0.248 e. The smallest absolute Gasteiger partial charge is 0.248 e. The van der Waals surface area contributed by atoms with Gasteiger partial charge in [-0.15, -0.1) is 13.2 Å². The fraction of sp³-hybridized carbons (Fsp3) is 0.581. The van der Waals surface area contributed by atoms with E-state index in [1.165, 1.54) is 4.90 Å². The molecule has 6 atom stereocenters.